The molecule has 32 heavy (non-hydrogen) atoms. The Morgan fingerprint density at radius 3 is 2.47 bits per heavy atom. The van der Waals surface area contributed by atoms with Gasteiger partial charge in [-0.2, -0.15) is 0 Å². The molecule has 1 amide bonds. The molecule has 0 radical (unpaired) electrons. The fourth-order valence-electron chi connectivity index (χ4n) is 4.16. The van der Waals surface area contributed by atoms with Crippen molar-refractivity contribution in [1.82, 2.24) is 9.88 Å². The van der Waals surface area contributed by atoms with Crippen LogP contribution in [0, 0.1) is 11.6 Å². The van der Waals surface area contributed by atoms with Crippen molar-refractivity contribution in [3.8, 4) is 0 Å². The first-order valence-electron chi connectivity index (χ1n) is 10.3. The zero-order chi connectivity index (χ0) is 22.8. The summed E-state index contributed by atoms with van der Waals surface area (Å²) in [6.45, 7) is 0.669. The Morgan fingerprint density at radius 1 is 1.03 bits per heavy atom. The van der Waals surface area contributed by atoms with E-state index in [2.05, 4.69) is 4.98 Å². The summed E-state index contributed by atoms with van der Waals surface area (Å²) in [6, 6.07) is 9.13. The number of rotatable bonds is 5. The number of alkyl halides is 2. The van der Waals surface area contributed by atoms with Gasteiger partial charge in [0.15, 0.2) is 0 Å². The standard InChI is InChI=1S/C24H20F4N2O2/c25-17-3-4-21-19(13-17)18(5-8-29-21)14-6-9-30(10-7-14)24(32)22(31)12-15-1-2-16(23(27)28)11-20(15)26/h1-5,8,11,13-14,23H,6-7,9-10,12H2. The van der Waals surface area contributed by atoms with E-state index in [1.54, 1.807) is 12.3 Å². The summed E-state index contributed by atoms with van der Waals surface area (Å²) in [5.41, 5.74) is 1.08. The average molecular weight is 444 g/mol. The van der Waals surface area contributed by atoms with E-state index in [1.807, 2.05) is 6.07 Å². The minimum Gasteiger partial charge on any atom is -0.336 e. The molecule has 0 N–H and O–H groups in total. The third-order valence-electron chi connectivity index (χ3n) is 5.88. The van der Waals surface area contributed by atoms with Gasteiger partial charge in [-0.05, 0) is 60.2 Å². The third kappa shape index (κ3) is 4.49. The SMILES string of the molecule is O=C(Cc1ccc(C(F)F)cc1F)C(=O)N1CCC(c2ccnc3ccc(F)cc23)CC1. The monoisotopic (exact) mass is 444 g/mol. The molecule has 0 bridgehead atoms. The Labute approximate surface area is 181 Å². The molecular formula is C24H20F4N2O2. The van der Waals surface area contributed by atoms with E-state index >= 15 is 0 Å². The zero-order valence-electron chi connectivity index (χ0n) is 17.0. The molecule has 1 fully saturated rings. The first kappa shape index (κ1) is 21.9. The molecule has 1 saturated heterocycles. The molecule has 4 rings (SSSR count). The van der Waals surface area contributed by atoms with E-state index in [1.165, 1.54) is 17.0 Å². The second-order valence-corrected chi connectivity index (χ2v) is 7.88. The van der Waals surface area contributed by atoms with E-state index < -0.39 is 35.9 Å². The lowest BCUT2D eigenvalue weighted by atomic mass is 9.87. The van der Waals surface area contributed by atoms with Crippen LogP contribution in [0.2, 0.25) is 0 Å². The highest BCUT2D eigenvalue weighted by molar-refractivity contribution is 6.36. The predicted molar refractivity (Wildman–Crippen MR) is 110 cm³/mol. The van der Waals surface area contributed by atoms with Crippen LogP contribution in [0.3, 0.4) is 0 Å². The highest BCUT2D eigenvalue weighted by Gasteiger charge is 2.29. The maximum absolute atomic E-state index is 14.0. The van der Waals surface area contributed by atoms with Gasteiger partial charge in [0, 0.05) is 36.7 Å². The van der Waals surface area contributed by atoms with Crippen molar-refractivity contribution in [1.29, 1.82) is 0 Å². The number of nitrogens with zero attached hydrogens (tertiary/aromatic N) is 2. The average Bonchev–Trinajstić information content (AvgIpc) is 2.79. The van der Waals surface area contributed by atoms with Crippen LogP contribution in [0.1, 0.15) is 41.9 Å². The lowest BCUT2D eigenvalue weighted by Crippen LogP contribution is -2.42. The summed E-state index contributed by atoms with van der Waals surface area (Å²) in [6.07, 6.45) is -0.448. The van der Waals surface area contributed by atoms with Crippen molar-refractivity contribution >= 4 is 22.6 Å². The molecule has 1 aliphatic rings. The van der Waals surface area contributed by atoms with Gasteiger partial charge in [0.25, 0.3) is 12.3 Å². The molecule has 166 valence electrons. The summed E-state index contributed by atoms with van der Waals surface area (Å²) < 4.78 is 53.1. The van der Waals surface area contributed by atoms with Gasteiger partial charge in [-0.15, -0.1) is 0 Å². The Kier molecular flexibility index (Phi) is 6.21. The summed E-state index contributed by atoms with van der Waals surface area (Å²) in [4.78, 5) is 30.6. The van der Waals surface area contributed by atoms with Crippen LogP contribution >= 0.6 is 0 Å². The van der Waals surface area contributed by atoms with Crippen molar-refractivity contribution in [3.05, 3.63) is 77.0 Å². The lowest BCUT2D eigenvalue weighted by molar-refractivity contribution is -0.145. The molecular weight excluding hydrogens is 424 g/mol. The number of aromatic nitrogens is 1. The van der Waals surface area contributed by atoms with Gasteiger partial charge < -0.3 is 4.90 Å². The Balaban J connectivity index is 1.41. The van der Waals surface area contributed by atoms with Crippen LogP contribution in [0.4, 0.5) is 17.6 Å². The molecule has 2 aromatic carbocycles. The first-order valence-corrected chi connectivity index (χ1v) is 10.3. The predicted octanol–water partition coefficient (Wildman–Crippen LogP) is 4.97. The number of halogens is 4. The van der Waals surface area contributed by atoms with Crippen LogP contribution in [-0.2, 0) is 16.0 Å². The second-order valence-electron chi connectivity index (χ2n) is 7.88. The minimum absolute atomic E-state index is 0.0841. The number of carbonyl (C=O) groups is 2. The largest absolute Gasteiger partial charge is 0.336 e. The highest BCUT2D eigenvalue weighted by atomic mass is 19.3. The molecule has 0 spiro atoms. The smallest absolute Gasteiger partial charge is 0.290 e. The molecule has 0 unspecified atom stereocenters. The Morgan fingerprint density at radius 2 is 1.78 bits per heavy atom. The maximum atomic E-state index is 14.0. The van der Waals surface area contributed by atoms with Crippen LogP contribution in [0.15, 0.2) is 48.7 Å². The normalized spacial score (nSPS) is 14.8. The van der Waals surface area contributed by atoms with Gasteiger partial charge in [-0.1, -0.05) is 12.1 Å². The van der Waals surface area contributed by atoms with Gasteiger partial charge in [0.1, 0.15) is 11.6 Å². The van der Waals surface area contributed by atoms with Crippen LogP contribution in [-0.4, -0.2) is 34.7 Å². The Hall–Kier alpha value is -3.29. The molecule has 4 nitrogen and oxygen atoms in total. The van der Waals surface area contributed by atoms with E-state index in [0.717, 1.165) is 23.1 Å². The number of pyridine rings is 1. The molecule has 2 heterocycles. The lowest BCUT2D eigenvalue weighted by Gasteiger charge is -2.32. The number of likely N-dealkylation sites (tertiary alicyclic amines) is 1. The van der Waals surface area contributed by atoms with Crippen molar-refractivity contribution in [2.75, 3.05) is 13.1 Å². The van der Waals surface area contributed by atoms with Gasteiger partial charge >= 0.3 is 0 Å². The summed E-state index contributed by atoms with van der Waals surface area (Å²) in [5.74, 6) is -2.70. The fraction of sp³-hybridized carbons (Fsp3) is 0.292. The molecule has 0 saturated carbocycles. The van der Waals surface area contributed by atoms with Crippen LogP contribution in [0.5, 0.6) is 0 Å². The van der Waals surface area contributed by atoms with Crippen molar-refractivity contribution in [2.24, 2.45) is 0 Å². The van der Waals surface area contributed by atoms with Crippen molar-refractivity contribution in [2.45, 2.75) is 31.6 Å². The fourth-order valence-corrected chi connectivity index (χ4v) is 4.16. The number of fused-ring (bicyclic) bond motifs is 1. The molecule has 8 heteroatoms. The van der Waals surface area contributed by atoms with Gasteiger partial charge in [-0.3, -0.25) is 14.6 Å². The Bertz CT molecular complexity index is 1170. The van der Waals surface area contributed by atoms with E-state index in [-0.39, 0.29) is 17.3 Å². The van der Waals surface area contributed by atoms with E-state index in [9.17, 15) is 27.2 Å². The van der Waals surface area contributed by atoms with E-state index in [0.29, 0.717) is 37.5 Å². The number of hydrogen-bond donors (Lipinski definition) is 0. The number of amides is 1. The van der Waals surface area contributed by atoms with Crippen molar-refractivity contribution in [3.63, 3.8) is 0 Å². The number of hydrogen-bond acceptors (Lipinski definition) is 3. The topological polar surface area (TPSA) is 50.3 Å². The van der Waals surface area contributed by atoms with E-state index in [4.69, 9.17) is 0 Å². The third-order valence-corrected chi connectivity index (χ3v) is 5.88. The first-order chi connectivity index (χ1) is 15.3. The van der Waals surface area contributed by atoms with Gasteiger partial charge in [0.05, 0.1) is 5.52 Å². The number of carbonyl (C=O) groups excluding carboxylic acids is 2. The van der Waals surface area contributed by atoms with Gasteiger partial charge in [-0.25, -0.2) is 17.6 Å². The number of ketones is 1. The molecule has 1 aromatic heterocycles. The zero-order valence-corrected chi connectivity index (χ0v) is 17.0. The summed E-state index contributed by atoms with van der Waals surface area (Å²) in [7, 11) is 0. The summed E-state index contributed by atoms with van der Waals surface area (Å²) >= 11 is 0. The van der Waals surface area contributed by atoms with Gasteiger partial charge in [0.2, 0.25) is 5.78 Å². The molecule has 3 aromatic rings. The molecule has 0 aliphatic carbocycles. The highest BCUT2D eigenvalue weighted by Crippen LogP contribution is 2.33. The van der Waals surface area contributed by atoms with Crippen molar-refractivity contribution < 1.29 is 27.2 Å². The minimum atomic E-state index is -2.81. The number of piperidine rings is 1. The summed E-state index contributed by atoms with van der Waals surface area (Å²) in [5, 5.41) is 0.732. The molecule has 0 atom stereocenters. The van der Waals surface area contributed by atoms with Crippen LogP contribution in [0.25, 0.3) is 10.9 Å². The molecule has 1 aliphatic heterocycles. The second kappa shape index (κ2) is 9.06. The quantitative estimate of drug-likeness (QED) is 0.413. The number of Topliss-reactive ketones (excluding diaryl/α,β-unsaturated/α-hetero) is 1. The maximum Gasteiger partial charge on any atom is 0.290 e. The van der Waals surface area contributed by atoms with Crippen LogP contribution < -0.4 is 0 Å². The number of benzene rings is 2.